The van der Waals surface area contributed by atoms with Gasteiger partial charge in [0.15, 0.2) is 11.5 Å². The van der Waals surface area contributed by atoms with Crippen molar-refractivity contribution in [1.82, 2.24) is 9.88 Å². The molecule has 1 aromatic carbocycles. The summed E-state index contributed by atoms with van der Waals surface area (Å²) in [4.78, 5) is 6.95. The minimum absolute atomic E-state index is 0.187. The van der Waals surface area contributed by atoms with Gasteiger partial charge in [0.1, 0.15) is 5.60 Å². The average molecular weight is 399 g/mol. The van der Waals surface area contributed by atoms with Gasteiger partial charge in [0.05, 0.1) is 27.0 Å². The van der Waals surface area contributed by atoms with E-state index in [1.165, 1.54) is 6.42 Å². The minimum Gasteiger partial charge on any atom is -0.493 e. The standard InChI is InChI=1S/C23H30N2O4/c1-27-19-11-16(12-20(28-2)22(19)29-3)13-25-14-17-7-6-8-18(15-25)23(17,26)21-9-4-5-10-24-21/h4-5,9-12,17-18,26H,6-8,13-15H2,1-3H3/t17-,18+,23?. The molecular weight excluding hydrogens is 368 g/mol. The Labute approximate surface area is 172 Å². The maximum Gasteiger partial charge on any atom is 0.203 e. The number of hydrogen-bond donors (Lipinski definition) is 1. The summed E-state index contributed by atoms with van der Waals surface area (Å²) in [6, 6.07) is 9.87. The van der Waals surface area contributed by atoms with Crippen LogP contribution in [0.5, 0.6) is 17.2 Å². The molecule has 2 fully saturated rings. The lowest BCUT2D eigenvalue weighted by Crippen LogP contribution is -2.58. The van der Waals surface area contributed by atoms with Gasteiger partial charge in [0.25, 0.3) is 0 Å². The summed E-state index contributed by atoms with van der Waals surface area (Å²) in [6.45, 7) is 2.47. The molecule has 1 saturated carbocycles. The molecule has 1 saturated heterocycles. The van der Waals surface area contributed by atoms with Crippen molar-refractivity contribution in [2.45, 2.75) is 31.4 Å². The molecule has 156 valence electrons. The van der Waals surface area contributed by atoms with Gasteiger partial charge in [-0.05, 0) is 42.7 Å². The molecule has 2 bridgehead atoms. The number of benzene rings is 1. The second-order valence-electron chi connectivity index (χ2n) is 8.09. The first-order chi connectivity index (χ1) is 14.1. The van der Waals surface area contributed by atoms with Crippen molar-refractivity contribution in [3.63, 3.8) is 0 Å². The highest BCUT2D eigenvalue weighted by Gasteiger charge is 2.52. The number of hydrogen-bond acceptors (Lipinski definition) is 6. The van der Waals surface area contributed by atoms with Crippen molar-refractivity contribution in [1.29, 1.82) is 0 Å². The Morgan fingerprint density at radius 2 is 1.69 bits per heavy atom. The maximum absolute atomic E-state index is 11.7. The predicted molar refractivity (Wildman–Crippen MR) is 110 cm³/mol. The zero-order chi connectivity index (χ0) is 20.4. The first kappa shape index (κ1) is 20.0. The van der Waals surface area contributed by atoms with Gasteiger partial charge < -0.3 is 19.3 Å². The minimum atomic E-state index is -0.828. The van der Waals surface area contributed by atoms with E-state index < -0.39 is 5.60 Å². The molecule has 2 aliphatic rings. The van der Waals surface area contributed by atoms with Crippen LogP contribution in [0, 0.1) is 11.8 Å². The normalized spacial score (nSPS) is 26.8. The van der Waals surface area contributed by atoms with Crippen LogP contribution < -0.4 is 14.2 Å². The highest BCUT2D eigenvalue weighted by Crippen LogP contribution is 2.49. The fraction of sp³-hybridized carbons (Fsp3) is 0.522. The van der Waals surface area contributed by atoms with Crippen LogP contribution in [-0.2, 0) is 12.1 Å². The molecule has 6 nitrogen and oxygen atoms in total. The van der Waals surface area contributed by atoms with E-state index >= 15 is 0 Å². The Bertz CT molecular complexity index is 803. The number of aromatic nitrogens is 1. The summed E-state index contributed by atoms with van der Waals surface area (Å²) in [5, 5.41) is 11.7. The molecule has 29 heavy (non-hydrogen) atoms. The zero-order valence-electron chi connectivity index (χ0n) is 17.4. The van der Waals surface area contributed by atoms with Gasteiger partial charge in [-0.1, -0.05) is 12.5 Å². The zero-order valence-corrected chi connectivity index (χ0v) is 17.4. The third-order valence-corrected chi connectivity index (χ3v) is 6.51. The topological polar surface area (TPSA) is 64.1 Å². The second-order valence-corrected chi connectivity index (χ2v) is 8.09. The summed E-state index contributed by atoms with van der Waals surface area (Å²) < 4.78 is 16.4. The summed E-state index contributed by atoms with van der Waals surface area (Å²) in [5.41, 5.74) is 1.11. The molecule has 0 spiro atoms. The lowest BCUT2D eigenvalue weighted by Gasteiger charge is -2.52. The van der Waals surface area contributed by atoms with Gasteiger partial charge in [-0.15, -0.1) is 0 Å². The van der Waals surface area contributed by atoms with E-state index in [1.807, 2.05) is 30.3 Å². The molecule has 0 amide bonds. The van der Waals surface area contributed by atoms with E-state index in [1.54, 1.807) is 27.5 Å². The Morgan fingerprint density at radius 1 is 1.03 bits per heavy atom. The van der Waals surface area contributed by atoms with E-state index in [0.29, 0.717) is 17.2 Å². The van der Waals surface area contributed by atoms with E-state index in [-0.39, 0.29) is 11.8 Å². The Balaban J connectivity index is 1.57. The third kappa shape index (κ3) is 3.55. The monoisotopic (exact) mass is 398 g/mol. The van der Waals surface area contributed by atoms with Crippen molar-refractivity contribution in [2.24, 2.45) is 11.8 Å². The molecule has 2 heterocycles. The number of aliphatic hydroxyl groups is 1. The largest absolute Gasteiger partial charge is 0.493 e. The molecule has 1 aromatic heterocycles. The SMILES string of the molecule is COc1cc(CN2C[C@H]3CCC[C@@H](C2)C3(O)c2ccccn2)cc(OC)c1OC. The Hall–Kier alpha value is -2.31. The highest BCUT2D eigenvalue weighted by atomic mass is 16.5. The molecule has 6 heteroatoms. The van der Waals surface area contributed by atoms with Gasteiger partial charge in [-0.25, -0.2) is 0 Å². The lowest BCUT2D eigenvalue weighted by atomic mass is 9.64. The highest BCUT2D eigenvalue weighted by molar-refractivity contribution is 5.53. The Kier molecular flexibility index (Phi) is 5.65. The van der Waals surface area contributed by atoms with Crippen molar-refractivity contribution < 1.29 is 19.3 Å². The van der Waals surface area contributed by atoms with Gasteiger partial charge in [-0.3, -0.25) is 9.88 Å². The molecule has 2 aromatic rings. The molecule has 1 unspecified atom stereocenters. The number of pyridine rings is 1. The van der Waals surface area contributed by atoms with Crippen LogP contribution in [0.15, 0.2) is 36.5 Å². The molecule has 1 N–H and O–H groups in total. The number of fused-ring (bicyclic) bond motifs is 2. The van der Waals surface area contributed by atoms with E-state index in [9.17, 15) is 5.11 Å². The van der Waals surface area contributed by atoms with Crippen LogP contribution in [0.4, 0.5) is 0 Å². The van der Waals surface area contributed by atoms with Crippen LogP contribution >= 0.6 is 0 Å². The summed E-state index contributed by atoms with van der Waals surface area (Å²) in [5.74, 6) is 2.32. The van der Waals surface area contributed by atoms with E-state index in [0.717, 1.165) is 43.7 Å². The van der Waals surface area contributed by atoms with Crippen molar-refractivity contribution in [3.8, 4) is 17.2 Å². The van der Waals surface area contributed by atoms with Gasteiger partial charge in [0, 0.05) is 37.7 Å². The lowest BCUT2D eigenvalue weighted by molar-refractivity contribution is -0.151. The first-order valence-corrected chi connectivity index (χ1v) is 10.2. The van der Waals surface area contributed by atoms with Crippen LogP contribution in [0.2, 0.25) is 0 Å². The smallest absolute Gasteiger partial charge is 0.203 e. The van der Waals surface area contributed by atoms with Gasteiger partial charge in [0.2, 0.25) is 5.75 Å². The van der Waals surface area contributed by atoms with Gasteiger partial charge >= 0.3 is 0 Å². The molecular formula is C23H30N2O4. The fourth-order valence-corrected chi connectivity index (χ4v) is 5.17. The van der Waals surface area contributed by atoms with Crippen molar-refractivity contribution >= 4 is 0 Å². The van der Waals surface area contributed by atoms with Crippen molar-refractivity contribution in [3.05, 3.63) is 47.8 Å². The number of methoxy groups -OCH3 is 3. The molecule has 3 atom stereocenters. The third-order valence-electron chi connectivity index (χ3n) is 6.51. The number of piperidine rings is 1. The molecule has 0 radical (unpaired) electrons. The van der Waals surface area contributed by atoms with Crippen LogP contribution in [0.25, 0.3) is 0 Å². The number of rotatable bonds is 6. The van der Waals surface area contributed by atoms with E-state index in [2.05, 4.69) is 9.88 Å². The predicted octanol–water partition coefficient (Wildman–Crippen LogP) is 3.23. The van der Waals surface area contributed by atoms with Gasteiger partial charge in [-0.2, -0.15) is 0 Å². The quantitative estimate of drug-likeness (QED) is 0.806. The first-order valence-electron chi connectivity index (χ1n) is 10.2. The maximum atomic E-state index is 11.7. The number of ether oxygens (including phenoxy) is 3. The number of nitrogens with zero attached hydrogens (tertiary/aromatic N) is 2. The van der Waals surface area contributed by atoms with E-state index in [4.69, 9.17) is 14.2 Å². The number of likely N-dealkylation sites (tertiary alicyclic amines) is 1. The second kappa shape index (κ2) is 8.20. The van der Waals surface area contributed by atoms with Crippen LogP contribution in [0.1, 0.15) is 30.5 Å². The summed E-state index contributed by atoms with van der Waals surface area (Å²) in [7, 11) is 4.89. The average Bonchev–Trinajstić information content (AvgIpc) is 2.74. The summed E-state index contributed by atoms with van der Waals surface area (Å²) >= 11 is 0. The van der Waals surface area contributed by atoms with Crippen molar-refractivity contribution in [2.75, 3.05) is 34.4 Å². The van der Waals surface area contributed by atoms with Crippen LogP contribution in [-0.4, -0.2) is 49.4 Å². The molecule has 1 aliphatic heterocycles. The summed E-state index contributed by atoms with van der Waals surface area (Å²) in [6.07, 6.45) is 5.00. The fourth-order valence-electron chi connectivity index (χ4n) is 5.17. The molecule has 1 aliphatic carbocycles. The van der Waals surface area contributed by atoms with Crippen LogP contribution in [0.3, 0.4) is 0 Å². The Morgan fingerprint density at radius 3 is 2.21 bits per heavy atom. The molecule has 4 rings (SSSR count).